The zero-order chi connectivity index (χ0) is 13.8. The molecule has 0 atom stereocenters. The maximum Gasteiger partial charge on any atom is 0.163 e. The SMILES string of the molecule is COCC1CCN(c2ccc(C(C)=O)c(O)c2)CC1. The largest absolute Gasteiger partial charge is 0.507 e. The average Bonchev–Trinajstić information content (AvgIpc) is 2.39. The van der Waals surface area contributed by atoms with Crippen LogP contribution in [0.25, 0.3) is 0 Å². The van der Waals surface area contributed by atoms with E-state index < -0.39 is 0 Å². The lowest BCUT2D eigenvalue weighted by atomic mass is 9.97. The number of carbonyl (C=O) groups excluding carboxylic acids is 1. The van der Waals surface area contributed by atoms with Crippen LogP contribution in [0.2, 0.25) is 0 Å². The fourth-order valence-electron chi connectivity index (χ4n) is 2.61. The highest BCUT2D eigenvalue weighted by Crippen LogP contribution is 2.28. The van der Waals surface area contributed by atoms with Crippen molar-refractivity contribution < 1.29 is 14.6 Å². The molecule has 0 spiro atoms. The van der Waals surface area contributed by atoms with Crippen molar-refractivity contribution in [1.29, 1.82) is 0 Å². The Bertz CT molecular complexity index is 451. The van der Waals surface area contributed by atoms with Crippen LogP contribution >= 0.6 is 0 Å². The van der Waals surface area contributed by atoms with Gasteiger partial charge in [0, 0.05) is 38.6 Å². The number of phenolic OH excluding ortho intramolecular Hbond substituents is 1. The topological polar surface area (TPSA) is 49.8 Å². The zero-order valence-electron chi connectivity index (χ0n) is 11.6. The number of methoxy groups -OCH3 is 1. The van der Waals surface area contributed by atoms with E-state index in [0.29, 0.717) is 11.5 Å². The van der Waals surface area contributed by atoms with Crippen LogP contribution in [0, 0.1) is 5.92 Å². The lowest BCUT2D eigenvalue weighted by Gasteiger charge is -2.33. The van der Waals surface area contributed by atoms with E-state index in [-0.39, 0.29) is 11.5 Å². The number of anilines is 1. The third-order valence-corrected chi connectivity index (χ3v) is 3.74. The molecule has 0 saturated carbocycles. The van der Waals surface area contributed by atoms with E-state index in [9.17, 15) is 9.90 Å². The molecular formula is C15H21NO3. The van der Waals surface area contributed by atoms with Crippen molar-refractivity contribution in [3.05, 3.63) is 23.8 Å². The molecule has 1 saturated heterocycles. The summed E-state index contributed by atoms with van der Waals surface area (Å²) >= 11 is 0. The molecule has 0 amide bonds. The van der Waals surface area contributed by atoms with E-state index in [1.54, 1.807) is 19.2 Å². The quantitative estimate of drug-likeness (QED) is 0.848. The van der Waals surface area contributed by atoms with Gasteiger partial charge in [-0.25, -0.2) is 0 Å². The van der Waals surface area contributed by atoms with Crippen LogP contribution in [0.3, 0.4) is 0 Å². The number of hydrogen-bond donors (Lipinski definition) is 1. The molecule has 104 valence electrons. The second-order valence-electron chi connectivity index (χ2n) is 5.14. The molecule has 1 heterocycles. The number of ether oxygens (including phenoxy) is 1. The number of phenols is 1. The predicted molar refractivity (Wildman–Crippen MR) is 74.9 cm³/mol. The van der Waals surface area contributed by atoms with E-state index in [0.717, 1.165) is 38.2 Å². The first-order chi connectivity index (χ1) is 9.11. The Balaban J connectivity index is 2.04. The highest BCUT2D eigenvalue weighted by atomic mass is 16.5. The van der Waals surface area contributed by atoms with Crippen LogP contribution < -0.4 is 4.90 Å². The first kappa shape index (κ1) is 13.9. The Morgan fingerprint density at radius 2 is 2.11 bits per heavy atom. The summed E-state index contributed by atoms with van der Waals surface area (Å²) in [7, 11) is 1.74. The number of aromatic hydroxyl groups is 1. The highest BCUT2D eigenvalue weighted by Gasteiger charge is 2.20. The second-order valence-corrected chi connectivity index (χ2v) is 5.14. The number of benzene rings is 1. The molecule has 0 radical (unpaired) electrons. The van der Waals surface area contributed by atoms with E-state index in [4.69, 9.17) is 4.74 Å². The van der Waals surface area contributed by atoms with Gasteiger partial charge in [0.1, 0.15) is 5.75 Å². The number of ketones is 1. The third kappa shape index (κ3) is 3.26. The van der Waals surface area contributed by atoms with Crippen LogP contribution in [0.5, 0.6) is 5.75 Å². The smallest absolute Gasteiger partial charge is 0.163 e. The van der Waals surface area contributed by atoms with Crippen molar-refractivity contribution >= 4 is 11.5 Å². The van der Waals surface area contributed by atoms with Gasteiger partial charge in [-0.1, -0.05) is 0 Å². The van der Waals surface area contributed by atoms with Crippen molar-refractivity contribution in [3.8, 4) is 5.75 Å². The Labute approximate surface area is 114 Å². The van der Waals surface area contributed by atoms with Crippen LogP contribution in [0.1, 0.15) is 30.1 Å². The van der Waals surface area contributed by atoms with Crippen molar-refractivity contribution in [3.63, 3.8) is 0 Å². The molecule has 4 heteroatoms. The standard InChI is InChI=1S/C15H21NO3/c1-11(17)14-4-3-13(9-15(14)18)16-7-5-12(6-8-16)10-19-2/h3-4,9,12,18H,5-8,10H2,1-2H3. The van der Waals surface area contributed by atoms with E-state index >= 15 is 0 Å². The Hall–Kier alpha value is -1.55. The van der Waals surface area contributed by atoms with Gasteiger partial charge in [-0.2, -0.15) is 0 Å². The molecule has 0 aliphatic carbocycles. The first-order valence-electron chi connectivity index (χ1n) is 6.69. The molecule has 1 aliphatic rings. The van der Waals surface area contributed by atoms with Gasteiger partial charge in [0.2, 0.25) is 0 Å². The summed E-state index contributed by atoms with van der Waals surface area (Å²) in [5.41, 5.74) is 1.37. The molecule has 1 aromatic carbocycles. The molecule has 1 aromatic rings. The average molecular weight is 263 g/mol. The van der Waals surface area contributed by atoms with Gasteiger partial charge in [0.25, 0.3) is 0 Å². The summed E-state index contributed by atoms with van der Waals surface area (Å²) < 4.78 is 5.19. The summed E-state index contributed by atoms with van der Waals surface area (Å²) in [5, 5.41) is 9.86. The zero-order valence-corrected chi connectivity index (χ0v) is 11.6. The van der Waals surface area contributed by atoms with E-state index in [1.165, 1.54) is 6.92 Å². The number of carbonyl (C=O) groups is 1. The maximum absolute atomic E-state index is 11.3. The lowest BCUT2D eigenvalue weighted by Crippen LogP contribution is -2.34. The first-order valence-corrected chi connectivity index (χ1v) is 6.69. The summed E-state index contributed by atoms with van der Waals surface area (Å²) in [6.45, 7) is 4.22. The number of nitrogens with zero attached hydrogens (tertiary/aromatic N) is 1. The molecule has 0 unspecified atom stereocenters. The minimum Gasteiger partial charge on any atom is -0.507 e. The Kier molecular flexibility index (Phi) is 4.43. The minimum atomic E-state index is -0.108. The molecule has 1 fully saturated rings. The summed E-state index contributed by atoms with van der Waals surface area (Å²) in [6, 6.07) is 5.30. The van der Waals surface area contributed by atoms with Crippen molar-refractivity contribution in [1.82, 2.24) is 0 Å². The van der Waals surface area contributed by atoms with Gasteiger partial charge < -0.3 is 14.7 Å². The summed E-state index contributed by atoms with van der Waals surface area (Å²) in [5.74, 6) is 0.596. The molecule has 19 heavy (non-hydrogen) atoms. The van der Waals surface area contributed by atoms with Gasteiger partial charge in [0.15, 0.2) is 5.78 Å². The molecular weight excluding hydrogens is 242 g/mol. The van der Waals surface area contributed by atoms with Crippen molar-refractivity contribution in [2.75, 3.05) is 31.7 Å². The van der Waals surface area contributed by atoms with Crippen LogP contribution in [0.15, 0.2) is 18.2 Å². The van der Waals surface area contributed by atoms with Gasteiger partial charge in [-0.05, 0) is 37.8 Å². The van der Waals surface area contributed by atoms with E-state index in [2.05, 4.69) is 4.90 Å². The van der Waals surface area contributed by atoms with Gasteiger partial charge in [-0.15, -0.1) is 0 Å². The monoisotopic (exact) mass is 263 g/mol. The van der Waals surface area contributed by atoms with Crippen LogP contribution in [-0.2, 0) is 4.74 Å². The van der Waals surface area contributed by atoms with Gasteiger partial charge >= 0.3 is 0 Å². The highest BCUT2D eigenvalue weighted by molar-refractivity contribution is 5.97. The Morgan fingerprint density at radius 1 is 1.42 bits per heavy atom. The second kappa shape index (κ2) is 6.06. The number of rotatable bonds is 4. The fraction of sp³-hybridized carbons (Fsp3) is 0.533. The predicted octanol–water partition coefficient (Wildman–Crippen LogP) is 2.46. The summed E-state index contributed by atoms with van der Waals surface area (Å²) in [6.07, 6.45) is 2.20. The van der Waals surface area contributed by atoms with E-state index in [1.807, 2.05) is 6.07 Å². The van der Waals surface area contributed by atoms with Crippen molar-refractivity contribution in [2.45, 2.75) is 19.8 Å². The summed E-state index contributed by atoms with van der Waals surface area (Å²) in [4.78, 5) is 13.5. The minimum absolute atomic E-state index is 0.0732. The molecule has 1 N–H and O–H groups in total. The van der Waals surface area contributed by atoms with Crippen molar-refractivity contribution in [2.24, 2.45) is 5.92 Å². The maximum atomic E-state index is 11.3. The number of hydrogen-bond acceptors (Lipinski definition) is 4. The lowest BCUT2D eigenvalue weighted by molar-refractivity contribution is 0.101. The number of piperidine rings is 1. The number of Topliss-reactive ketones (excluding diaryl/α,β-unsaturated/α-hetero) is 1. The fourth-order valence-corrected chi connectivity index (χ4v) is 2.61. The molecule has 2 rings (SSSR count). The van der Waals surface area contributed by atoms with Crippen LogP contribution in [-0.4, -0.2) is 37.7 Å². The third-order valence-electron chi connectivity index (χ3n) is 3.74. The van der Waals surface area contributed by atoms with Gasteiger partial charge in [-0.3, -0.25) is 4.79 Å². The molecule has 1 aliphatic heterocycles. The Morgan fingerprint density at radius 3 is 2.63 bits per heavy atom. The molecule has 0 aromatic heterocycles. The molecule has 4 nitrogen and oxygen atoms in total. The van der Waals surface area contributed by atoms with Gasteiger partial charge in [0.05, 0.1) is 5.56 Å². The normalized spacial score (nSPS) is 16.6. The van der Waals surface area contributed by atoms with Crippen LogP contribution in [0.4, 0.5) is 5.69 Å². The molecule has 0 bridgehead atoms.